The predicted molar refractivity (Wildman–Crippen MR) is 62.4 cm³/mol. The van der Waals surface area contributed by atoms with Crippen LogP contribution in [0.5, 0.6) is 0 Å². The van der Waals surface area contributed by atoms with Crippen LogP contribution in [0, 0.1) is 17.3 Å². The highest BCUT2D eigenvalue weighted by molar-refractivity contribution is 5.81. The molecule has 2 atom stereocenters. The van der Waals surface area contributed by atoms with Crippen LogP contribution in [0.4, 0.5) is 0 Å². The SMILES string of the molecule is CC1CC1C(=O)NCC(C)(C)CCCN. The zero-order chi connectivity index (χ0) is 11.5. The third-order valence-electron chi connectivity index (χ3n) is 3.25. The second kappa shape index (κ2) is 4.97. The van der Waals surface area contributed by atoms with Crippen molar-refractivity contribution in [1.82, 2.24) is 5.32 Å². The van der Waals surface area contributed by atoms with Gasteiger partial charge in [-0.05, 0) is 37.1 Å². The van der Waals surface area contributed by atoms with Crippen LogP contribution in [0.3, 0.4) is 0 Å². The lowest BCUT2D eigenvalue weighted by atomic mass is 9.87. The Balaban J connectivity index is 2.20. The molecule has 0 bridgehead atoms. The molecule has 15 heavy (non-hydrogen) atoms. The van der Waals surface area contributed by atoms with E-state index in [-0.39, 0.29) is 17.2 Å². The first kappa shape index (κ1) is 12.5. The van der Waals surface area contributed by atoms with Crippen molar-refractivity contribution in [1.29, 1.82) is 0 Å². The van der Waals surface area contributed by atoms with Gasteiger partial charge in [-0.1, -0.05) is 20.8 Å². The maximum atomic E-state index is 11.6. The maximum absolute atomic E-state index is 11.6. The van der Waals surface area contributed by atoms with Crippen LogP contribution in [0.25, 0.3) is 0 Å². The van der Waals surface area contributed by atoms with Crippen LogP contribution in [0.1, 0.15) is 40.0 Å². The van der Waals surface area contributed by atoms with Crippen LogP contribution in [-0.4, -0.2) is 19.0 Å². The van der Waals surface area contributed by atoms with E-state index in [1.165, 1.54) is 0 Å². The molecule has 1 amide bonds. The van der Waals surface area contributed by atoms with E-state index in [4.69, 9.17) is 5.73 Å². The summed E-state index contributed by atoms with van der Waals surface area (Å²) >= 11 is 0. The fraction of sp³-hybridized carbons (Fsp3) is 0.917. The summed E-state index contributed by atoms with van der Waals surface area (Å²) in [4.78, 5) is 11.6. The van der Waals surface area contributed by atoms with E-state index in [0.29, 0.717) is 5.92 Å². The molecule has 1 saturated carbocycles. The lowest BCUT2D eigenvalue weighted by Crippen LogP contribution is -2.35. The third-order valence-corrected chi connectivity index (χ3v) is 3.25. The van der Waals surface area contributed by atoms with Gasteiger partial charge in [-0.2, -0.15) is 0 Å². The molecule has 3 nitrogen and oxygen atoms in total. The summed E-state index contributed by atoms with van der Waals surface area (Å²) in [6.07, 6.45) is 3.17. The maximum Gasteiger partial charge on any atom is 0.223 e. The molecule has 3 N–H and O–H groups in total. The standard InChI is InChI=1S/C12H24N2O/c1-9-7-10(9)11(15)14-8-12(2,3)5-4-6-13/h9-10H,4-8,13H2,1-3H3,(H,14,15). The topological polar surface area (TPSA) is 55.1 Å². The normalized spacial score (nSPS) is 25.1. The molecule has 88 valence electrons. The highest BCUT2D eigenvalue weighted by Gasteiger charge is 2.39. The van der Waals surface area contributed by atoms with Gasteiger partial charge in [-0.15, -0.1) is 0 Å². The first-order valence-corrected chi connectivity index (χ1v) is 5.94. The van der Waals surface area contributed by atoms with Gasteiger partial charge >= 0.3 is 0 Å². The summed E-state index contributed by atoms with van der Waals surface area (Å²) in [5.41, 5.74) is 5.65. The molecule has 1 fully saturated rings. The Kier molecular flexibility index (Phi) is 4.14. The average Bonchev–Trinajstić information content (AvgIpc) is 2.89. The van der Waals surface area contributed by atoms with Crippen molar-refractivity contribution in [2.24, 2.45) is 23.0 Å². The van der Waals surface area contributed by atoms with Crippen molar-refractivity contribution in [2.75, 3.05) is 13.1 Å². The largest absolute Gasteiger partial charge is 0.355 e. The number of amides is 1. The molecule has 0 radical (unpaired) electrons. The van der Waals surface area contributed by atoms with Crippen LogP contribution in [-0.2, 0) is 4.79 Å². The third kappa shape index (κ3) is 4.20. The highest BCUT2D eigenvalue weighted by atomic mass is 16.2. The molecule has 3 heteroatoms. The molecule has 2 unspecified atom stereocenters. The van der Waals surface area contributed by atoms with Crippen LogP contribution < -0.4 is 11.1 Å². The van der Waals surface area contributed by atoms with Crippen LogP contribution >= 0.6 is 0 Å². The Morgan fingerprint density at radius 2 is 2.13 bits per heavy atom. The Bertz CT molecular complexity index is 226. The summed E-state index contributed by atoms with van der Waals surface area (Å²) in [5.74, 6) is 1.12. The van der Waals surface area contributed by atoms with Crippen molar-refractivity contribution in [3.05, 3.63) is 0 Å². The summed E-state index contributed by atoms with van der Waals surface area (Å²) in [5, 5.41) is 3.04. The lowest BCUT2D eigenvalue weighted by Gasteiger charge is -2.24. The lowest BCUT2D eigenvalue weighted by molar-refractivity contribution is -0.123. The minimum absolute atomic E-state index is 0.174. The van der Waals surface area contributed by atoms with Gasteiger partial charge in [0.15, 0.2) is 0 Å². The molecule has 0 aliphatic heterocycles. The van der Waals surface area contributed by atoms with E-state index in [1.807, 2.05) is 0 Å². The van der Waals surface area contributed by atoms with Crippen molar-refractivity contribution in [3.63, 3.8) is 0 Å². The fourth-order valence-corrected chi connectivity index (χ4v) is 1.81. The molecular weight excluding hydrogens is 188 g/mol. The molecule has 0 saturated heterocycles. The zero-order valence-electron chi connectivity index (χ0n) is 10.2. The number of rotatable bonds is 6. The monoisotopic (exact) mass is 212 g/mol. The van der Waals surface area contributed by atoms with E-state index in [2.05, 4.69) is 26.1 Å². The Morgan fingerprint density at radius 1 is 1.53 bits per heavy atom. The highest BCUT2D eigenvalue weighted by Crippen LogP contribution is 2.37. The van der Waals surface area contributed by atoms with Crippen LogP contribution in [0.2, 0.25) is 0 Å². The molecule has 0 heterocycles. The number of carbonyl (C=O) groups is 1. The molecule has 0 aromatic rings. The summed E-state index contributed by atoms with van der Waals surface area (Å²) in [6.45, 7) is 7.99. The first-order valence-electron chi connectivity index (χ1n) is 5.94. The van der Waals surface area contributed by atoms with E-state index < -0.39 is 0 Å². The molecule has 1 aliphatic carbocycles. The number of nitrogens with one attached hydrogen (secondary N) is 1. The van der Waals surface area contributed by atoms with Gasteiger partial charge in [-0.3, -0.25) is 4.79 Å². The second-order valence-corrected chi connectivity index (χ2v) is 5.59. The van der Waals surface area contributed by atoms with Gasteiger partial charge in [0, 0.05) is 12.5 Å². The van der Waals surface area contributed by atoms with Gasteiger partial charge in [-0.25, -0.2) is 0 Å². The predicted octanol–water partition coefficient (Wildman–Crippen LogP) is 1.52. The van der Waals surface area contributed by atoms with Gasteiger partial charge in [0.25, 0.3) is 0 Å². The summed E-state index contributed by atoms with van der Waals surface area (Å²) < 4.78 is 0. The van der Waals surface area contributed by atoms with Crippen molar-refractivity contribution >= 4 is 5.91 Å². The quantitative estimate of drug-likeness (QED) is 0.701. The van der Waals surface area contributed by atoms with Gasteiger partial charge in [0.2, 0.25) is 5.91 Å². The van der Waals surface area contributed by atoms with Gasteiger partial charge < -0.3 is 11.1 Å². The zero-order valence-corrected chi connectivity index (χ0v) is 10.2. The molecule has 1 rings (SSSR count). The fourth-order valence-electron chi connectivity index (χ4n) is 1.81. The van der Waals surface area contributed by atoms with Crippen LogP contribution in [0.15, 0.2) is 0 Å². The molecule has 0 aromatic carbocycles. The number of hydrogen-bond donors (Lipinski definition) is 2. The molecule has 0 spiro atoms. The minimum atomic E-state index is 0.174. The minimum Gasteiger partial charge on any atom is -0.355 e. The summed E-state index contributed by atoms with van der Waals surface area (Å²) in [6, 6.07) is 0. The second-order valence-electron chi connectivity index (χ2n) is 5.59. The first-order chi connectivity index (χ1) is 6.96. The van der Waals surface area contributed by atoms with Gasteiger partial charge in [0.1, 0.15) is 0 Å². The molecule has 0 aromatic heterocycles. The van der Waals surface area contributed by atoms with E-state index in [9.17, 15) is 4.79 Å². The van der Waals surface area contributed by atoms with E-state index in [1.54, 1.807) is 0 Å². The van der Waals surface area contributed by atoms with E-state index in [0.717, 1.165) is 32.4 Å². The van der Waals surface area contributed by atoms with Crippen molar-refractivity contribution in [3.8, 4) is 0 Å². The number of carbonyl (C=O) groups excluding carboxylic acids is 1. The average molecular weight is 212 g/mol. The van der Waals surface area contributed by atoms with Gasteiger partial charge in [0.05, 0.1) is 0 Å². The molecular formula is C12H24N2O. The Morgan fingerprint density at radius 3 is 2.60 bits per heavy atom. The number of hydrogen-bond acceptors (Lipinski definition) is 2. The summed E-state index contributed by atoms with van der Waals surface area (Å²) in [7, 11) is 0. The smallest absolute Gasteiger partial charge is 0.223 e. The van der Waals surface area contributed by atoms with Crippen molar-refractivity contribution in [2.45, 2.75) is 40.0 Å². The Labute approximate surface area is 92.8 Å². The Hall–Kier alpha value is -0.570. The van der Waals surface area contributed by atoms with Crippen molar-refractivity contribution < 1.29 is 4.79 Å². The number of nitrogens with two attached hydrogens (primary N) is 1. The van der Waals surface area contributed by atoms with E-state index >= 15 is 0 Å². The molecule has 1 aliphatic rings.